The van der Waals surface area contributed by atoms with Crippen molar-refractivity contribution in [1.82, 2.24) is 9.88 Å². The standard InChI is InChI=1S/C14H18N4O2S.2ClH/c1-2-18-4-3-11-12(7-18)21-14(16-11)17-13(19)9-5-10(6-15)20-8-9;;/h5,8H,2-4,6-7,15H2,1H3,(H,16,17,19);2*1H. The third kappa shape index (κ3) is 4.45. The molecule has 0 saturated heterocycles. The third-order valence-electron chi connectivity index (χ3n) is 3.60. The number of fused-ring (bicyclic) bond motifs is 1. The summed E-state index contributed by atoms with van der Waals surface area (Å²) in [4.78, 5) is 20.3. The van der Waals surface area contributed by atoms with E-state index in [1.807, 2.05) is 0 Å². The summed E-state index contributed by atoms with van der Waals surface area (Å²) in [6.45, 7) is 5.43. The minimum Gasteiger partial charge on any atom is -0.467 e. The zero-order valence-corrected chi connectivity index (χ0v) is 15.2. The van der Waals surface area contributed by atoms with Crippen molar-refractivity contribution in [2.75, 3.05) is 18.4 Å². The maximum absolute atomic E-state index is 12.1. The molecule has 0 fully saturated rings. The lowest BCUT2D eigenvalue weighted by Crippen LogP contribution is -2.29. The molecular formula is C14H20Cl2N4O2S. The molecule has 128 valence electrons. The highest BCUT2D eigenvalue weighted by Gasteiger charge is 2.20. The molecule has 23 heavy (non-hydrogen) atoms. The average molecular weight is 379 g/mol. The Hall–Kier alpha value is -1.12. The Morgan fingerprint density at radius 3 is 2.96 bits per heavy atom. The number of halogens is 2. The number of carbonyl (C=O) groups is 1. The minimum atomic E-state index is -0.211. The van der Waals surface area contributed by atoms with Crippen molar-refractivity contribution in [2.24, 2.45) is 5.73 Å². The second kappa shape index (κ2) is 8.65. The van der Waals surface area contributed by atoms with Crippen LogP contribution in [0.4, 0.5) is 5.13 Å². The Labute approximate surface area is 151 Å². The van der Waals surface area contributed by atoms with Crippen LogP contribution >= 0.6 is 36.2 Å². The minimum absolute atomic E-state index is 0. The van der Waals surface area contributed by atoms with Crippen LogP contribution in [-0.2, 0) is 19.5 Å². The quantitative estimate of drug-likeness (QED) is 0.853. The normalized spacial score (nSPS) is 13.7. The molecule has 3 rings (SSSR count). The molecule has 0 bridgehead atoms. The number of nitrogens with two attached hydrogens (primary N) is 1. The molecule has 0 spiro atoms. The highest BCUT2D eigenvalue weighted by atomic mass is 35.5. The molecule has 9 heteroatoms. The number of carbonyl (C=O) groups excluding carboxylic acids is 1. The van der Waals surface area contributed by atoms with Crippen LogP contribution in [0.1, 0.15) is 33.6 Å². The number of hydrogen-bond acceptors (Lipinski definition) is 6. The van der Waals surface area contributed by atoms with Gasteiger partial charge in [-0.25, -0.2) is 4.98 Å². The maximum Gasteiger partial charge on any atom is 0.260 e. The molecule has 0 unspecified atom stereocenters. The van der Waals surface area contributed by atoms with E-state index in [0.717, 1.165) is 31.7 Å². The van der Waals surface area contributed by atoms with Gasteiger partial charge >= 0.3 is 0 Å². The summed E-state index contributed by atoms with van der Waals surface area (Å²) in [5.74, 6) is 0.383. The SMILES string of the molecule is CCN1CCc2nc(NC(=O)c3coc(CN)c3)sc2C1.Cl.Cl. The van der Waals surface area contributed by atoms with Gasteiger partial charge in [0.05, 0.1) is 17.8 Å². The summed E-state index contributed by atoms with van der Waals surface area (Å²) < 4.78 is 5.17. The molecule has 0 saturated carbocycles. The predicted molar refractivity (Wildman–Crippen MR) is 95.8 cm³/mol. The maximum atomic E-state index is 12.1. The second-order valence-electron chi connectivity index (χ2n) is 4.97. The number of amides is 1. The van der Waals surface area contributed by atoms with Gasteiger partial charge in [-0.3, -0.25) is 15.0 Å². The molecule has 3 N–H and O–H groups in total. The van der Waals surface area contributed by atoms with E-state index < -0.39 is 0 Å². The van der Waals surface area contributed by atoms with E-state index in [4.69, 9.17) is 10.2 Å². The number of furan rings is 1. The van der Waals surface area contributed by atoms with Gasteiger partial charge < -0.3 is 10.2 Å². The second-order valence-corrected chi connectivity index (χ2v) is 6.05. The fraction of sp³-hybridized carbons (Fsp3) is 0.429. The van der Waals surface area contributed by atoms with E-state index in [9.17, 15) is 4.79 Å². The fourth-order valence-electron chi connectivity index (χ4n) is 2.35. The summed E-state index contributed by atoms with van der Waals surface area (Å²) in [7, 11) is 0. The number of hydrogen-bond donors (Lipinski definition) is 2. The van der Waals surface area contributed by atoms with E-state index >= 15 is 0 Å². The topological polar surface area (TPSA) is 84.4 Å². The number of aromatic nitrogens is 1. The number of nitrogens with one attached hydrogen (secondary N) is 1. The first-order valence-corrected chi connectivity index (χ1v) is 7.81. The van der Waals surface area contributed by atoms with Crippen molar-refractivity contribution in [2.45, 2.75) is 26.4 Å². The predicted octanol–water partition coefficient (Wildman–Crippen LogP) is 2.67. The summed E-state index contributed by atoms with van der Waals surface area (Å²) in [5.41, 5.74) is 7.05. The van der Waals surface area contributed by atoms with E-state index in [1.54, 1.807) is 17.4 Å². The largest absolute Gasteiger partial charge is 0.467 e. The Balaban J connectivity index is 0.00000132. The summed E-state index contributed by atoms with van der Waals surface area (Å²) in [6.07, 6.45) is 2.36. The van der Waals surface area contributed by atoms with Gasteiger partial charge in [0.25, 0.3) is 5.91 Å². The highest BCUT2D eigenvalue weighted by molar-refractivity contribution is 7.15. The molecule has 1 aliphatic rings. The van der Waals surface area contributed by atoms with Crippen LogP contribution < -0.4 is 11.1 Å². The van der Waals surface area contributed by atoms with E-state index in [2.05, 4.69) is 22.1 Å². The number of thiazole rings is 1. The number of rotatable bonds is 4. The molecule has 0 radical (unpaired) electrons. The van der Waals surface area contributed by atoms with Gasteiger partial charge in [0.1, 0.15) is 12.0 Å². The first-order chi connectivity index (χ1) is 10.2. The third-order valence-corrected chi connectivity index (χ3v) is 4.59. The first kappa shape index (κ1) is 19.9. The molecule has 6 nitrogen and oxygen atoms in total. The summed E-state index contributed by atoms with van der Waals surface area (Å²) in [5, 5.41) is 3.49. The first-order valence-electron chi connectivity index (χ1n) is 6.99. The van der Waals surface area contributed by atoms with Crippen LogP contribution in [0, 0.1) is 0 Å². The van der Waals surface area contributed by atoms with Crippen LogP contribution in [-0.4, -0.2) is 28.9 Å². The number of likely N-dealkylation sites (N-methyl/N-ethyl adjacent to an activating group) is 1. The van der Waals surface area contributed by atoms with Crippen LogP contribution in [0.3, 0.4) is 0 Å². The van der Waals surface area contributed by atoms with Crippen molar-refractivity contribution in [1.29, 1.82) is 0 Å². The van der Waals surface area contributed by atoms with Gasteiger partial charge in [-0.2, -0.15) is 0 Å². The Bertz CT molecular complexity index is 659. The monoisotopic (exact) mass is 378 g/mol. The van der Waals surface area contributed by atoms with Crippen molar-refractivity contribution in [3.05, 3.63) is 34.2 Å². The van der Waals surface area contributed by atoms with Crippen molar-refractivity contribution in [3.63, 3.8) is 0 Å². The Morgan fingerprint density at radius 1 is 1.52 bits per heavy atom. The summed E-state index contributed by atoms with van der Waals surface area (Å²) in [6, 6.07) is 1.65. The van der Waals surface area contributed by atoms with Crippen LogP contribution in [0.2, 0.25) is 0 Å². The molecule has 3 heterocycles. The molecule has 0 aromatic carbocycles. The van der Waals surface area contributed by atoms with E-state index in [0.29, 0.717) is 16.5 Å². The molecule has 0 atom stereocenters. The van der Waals surface area contributed by atoms with Gasteiger partial charge in [-0.05, 0) is 12.6 Å². The molecule has 2 aromatic rings. The van der Waals surface area contributed by atoms with Crippen molar-refractivity contribution < 1.29 is 9.21 Å². The fourth-order valence-corrected chi connectivity index (χ4v) is 3.39. The van der Waals surface area contributed by atoms with Gasteiger partial charge in [-0.15, -0.1) is 36.2 Å². The van der Waals surface area contributed by atoms with E-state index in [1.165, 1.54) is 11.1 Å². The van der Waals surface area contributed by atoms with Crippen LogP contribution in [0.5, 0.6) is 0 Å². The Morgan fingerprint density at radius 2 is 2.30 bits per heavy atom. The summed E-state index contributed by atoms with van der Waals surface area (Å²) >= 11 is 1.55. The lowest BCUT2D eigenvalue weighted by Gasteiger charge is -2.23. The van der Waals surface area contributed by atoms with Gasteiger partial charge in [-0.1, -0.05) is 6.92 Å². The molecular weight excluding hydrogens is 359 g/mol. The molecule has 1 amide bonds. The number of anilines is 1. The van der Waals surface area contributed by atoms with Gasteiger partial charge in [0.15, 0.2) is 5.13 Å². The van der Waals surface area contributed by atoms with Crippen molar-refractivity contribution in [3.8, 4) is 0 Å². The number of nitrogens with zero attached hydrogens (tertiary/aromatic N) is 2. The zero-order valence-electron chi connectivity index (χ0n) is 12.7. The van der Waals surface area contributed by atoms with Crippen LogP contribution in [0.25, 0.3) is 0 Å². The molecule has 0 aliphatic carbocycles. The zero-order chi connectivity index (χ0) is 14.8. The lowest BCUT2D eigenvalue weighted by atomic mass is 10.2. The van der Waals surface area contributed by atoms with E-state index in [-0.39, 0.29) is 37.3 Å². The smallest absolute Gasteiger partial charge is 0.260 e. The Kier molecular flexibility index (Phi) is 7.50. The van der Waals surface area contributed by atoms with Gasteiger partial charge in [0.2, 0.25) is 0 Å². The highest BCUT2D eigenvalue weighted by Crippen LogP contribution is 2.28. The average Bonchev–Trinajstić information content (AvgIpc) is 3.12. The lowest BCUT2D eigenvalue weighted by molar-refractivity contribution is 0.102. The van der Waals surface area contributed by atoms with Crippen LogP contribution in [0.15, 0.2) is 16.7 Å². The molecule has 2 aromatic heterocycles. The van der Waals surface area contributed by atoms with Crippen molar-refractivity contribution >= 4 is 47.2 Å². The molecule has 1 aliphatic heterocycles. The van der Waals surface area contributed by atoms with Gasteiger partial charge in [0, 0.05) is 24.4 Å².